The third-order valence-corrected chi connectivity index (χ3v) is 2.92. The van der Waals surface area contributed by atoms with E-state index in [1.165, 1.54) is 0 Å². The number of rotatable bonds is 2. The van der Waals surface area contributed by atoms with Gasteiger partial charge >= 0.3 is 0 Å². The summed E-state index contributed by atoms with van der Waals surface area (Å²) in [5.74, 6) is 0. The lowest BCUT2D eigenvalue weighted by Crippen LogP contribution is -2.31. The molecule has 0 saturated carbocycles. The molecule has 0 radical (unpaired) electrons. The van der Waals surface area contributed by atoms with Crippen LogP contribution in [-0.2, 0) is 0 Å². The molecule has 84 valence electrons. The van der Waals surface area contributed by atoms with E-state index in [9.17, 15) is 0 Å². The predicted octanol–water partition coefficient (Wildman–Crippen LogP) is 3.77. The van der Waals surface area contributed by atoms with Gasteiger partial charge in [-0.25, -0.2) is 0 Å². The van der Waals surface area contributed by atoms with E-state index in [0.717, 1.165) is 11.4 Å². The molecule has 1 atom stereocenters. The molecule has 0 bridgehead atoms. The van der Waals surface area contributed by atoms with E-state index < -0.39 is 0 Å². The Kier molecular flexibility index (Phi) is 3.50. The average molecular weight is 227 g/mol. The number of anilines is 2. The molecule has 0 spiro atoms. The molecule has 2 nitrogen and oxygen atoms in total. The maximum absolute atomic E-state index is 5.92. The molecule has 3 heteroatoms. The van der Waals surface area contributed by atoms with Gasteiger partial charge in [0, 0.05) is 11.1 Å². The molecule has 1 unspecified atom stereocenters. The fourth-order valence-corrected chi connectivity index (χ4v) is 1.28. The second-order valence-corrected chi connectivity index (χ2v) is 5.40. The van der Waals surface area contributed by atoms with Gasteiger partial charge in [-0.15, -0.1) is 0 Å². The molecule has 0 saturated heterocycles. The SMILES string of the molecule is CC(Nc1cc(Cl)ccc1N)C(C)(C)C. The Labute approximate surface area is 96.8 Å². The maximum Gasteiger partial charge on any atom is 0.0591 e. The van der Waals surface area contributed by atoms with Crippen LogP contribution in [0.2, 0.25) is 5.02 Å². The third-order valence-electron chi connectivity index (χ3n) is 2.69. The van der Waals surface area contributed by atoms with Crippen LogP contribution in [0.5, 0.6) is 0 Å². The lowest BCUT2D eigenvalue weighted by Gasteiger charge is -2.29. The molecule has 1 aromatic rings. The molecule has 0 aliphatic rings. The fraction of sp³-hybridized carbons (Fsp3) is 0.500. The van der Waals surface area contributed by atoms with Crippen LogP contribution < -0.4 is 11.1 Å². The van der Waals surface area contributed by atoms with E-state index >= 15 is 0 Å². The van der Waals surface area contributed by atoms with Crippen molar-refractivity contribution in [3.63, 3.8) is 0 Å². The fourth-order valence-electron chi connectivity index (χ4n) is 1.10. The number of hydrogen-bond donors (Lipinski definition) is 2. The average Bonchev–Trinajstić information content (AvgIpc) is 2.09. The van der Waals surface area contributed by atoms with E-state index in [1.54, 1.807) is 6.07 Å². The van der Waals surface area contributed by atoms with Crippen molar-refractivity contribution in [1.29, 1.82) is 0 Å². The highest BCUT2D eigenvalue weighted by Crippen LogP contribution is 2.28. The lowest BCUT2D eigenvalue weighted by atomic mass is 9.88. The van der Waals surface area contributed by atoms with Gasteiger partial charge in [0.2, 0.25) is 0 Å². The smallest absolute Gasteiger partial charge is 0.0591 e. The summed E-state index contributed by atoms with van der Waals surface area (Å²) < 4.78 is 0. The van der Waals surface area contributed by atoms with Gasteiger partial charge in [-0.05, 0) is 30.5 Å². The minimum atomic E-state index is 0.189. The molecular formula is C12H19ClN2. The van der Waals surface area contributed by atoms with E-state index in [2.05, 4.69) is 33.0 Å². The summed E-state index contributed by atoms with van der Waals surface area (Å²) in [6.07, 6.45) is 0. The molecule has 0 aromatic heterocycles. The maximum atomic E-state index is 5.92. The lowest BCUT2D eigenvalue weighted by molar-refractivity contribution is 0.359. The van der Waals surface area contributed by atoms with Gasteiger partial charge < -0.3 is 11.1 Å². The highest BCUT2D eigenvalue weighted by Gasteiger charge is 2.20. The van der Waals surface area contributed by atoms with Crippen molar-refractivity contribution in [3.05, 3.63) is 23.2 Å². The Balaban J connectivity index is 2.85. The third kappa shape index (κ3) is 3.31. The van der Waals surface area contributed by atoms with Crippen molar-refractivity contribution in [2.75, 3.05) is 11.1 Å². The van der Waals surface area contributed by atoms with Crippen LogP contribution in [-0.4, -0.2) is 6.04 Å². The highest BCUT2D eigenvalue weighted by molar-refractivity contribution is 6.31. The van der Waals surface area contributed by atoms with Gasteiger partial charge in [-0.1, -0.05) is 32.4 Å². The number of nitrogens with two attached hydrogens (primary N) is 1. The van der Waals surface area contributed by atoms with Gasteiger partial charge in [0.25, 0.3) is 0 Å². The molecule has 0 fully saturated rings. The topological polar surface area (TPSA) is 38.0 Å². The standard InChI is InChI=1S/C12H19ClN2/c1-8(12(2,3)4)15-11-7-9(13)5-6-10(11)14/h5-8,15H,14H2,1-4H3. The Morgan fingerprint density at radius 2 is 1.93 bits per heavy atom. The summed E-state index contributed by atoms with van der Waals surface area (Å²) in [4.78, 5) is 0. The van der Waals surface area contributed by atoms with E-state index in [1.807, 2.05) is 12.1 Å². The predicted molar refractivity (Wildman–Crippen MR) is 68.4 cm³/mol. The molecule has 1 rings (SSSR count). The first-order chi connectivity index (χ1) is 6.80. The highest BCUT2D eigenvalue weighted by atomic mass is 35.5. The first kappa shape index (κ1) is 12.2. The summed E-state index contributed by atoms with van der Waals surface area (Å²) in [6, 6.07) is 5.81. The Morgan fingerprint density at radius 3 is 2.47 bits per heavy atom. The van der Waals surface area contributed by atoms with Crippen LogP contribution in [0.25, 0.3) is 0 Å². The van der Waals surface area contributed by atoms with Gasteiger partial charge in [-0.3, -0.25) is 0 Å². The Morgan fingerprint density at radius 1 is 1.33 bits per heavy atom. The summed E-state index contributed by atoms with van der Waals surface area (Å²) in [5.41, 5.74) is 7.69. The van der Waals surface area contributed by atoms with Crippen molar-refractivity contribution in [2.45, 2.75) is 33.7 Å². The minimum Gasteiger partial charge on any atom is -0.397 e. The number of halogens is 1. The van der Waals surface area contributed by atoms with E-state index in [0.29, 0.717) is 11.1 Å². The summed E-state index contributed by atoms with van der Waals surface area (Å²) in [5, 5.41) is 4.08. The van der Waals surface area contributed by atoms with Gasteiger partial charge in [0.1, 0.15) is 0 Å². The molecule has 0 aliphatic heterocycles. The zero-order chi connectivity index (χ0) is 11.6. The van der Waals surface area contributed by atoms with Crippen molar-refractivity contribution in [2.24, 2.45) is 5.41 Å². The molecule has 15 heavy (non-hydrogen) atoms. The van der Waals surface area contributed by atoms with Crippen LogP contribution in [0.15, 0.2) is 18.2 Å². The van der Waals surface area contributed by atoms with Crippen molar-refractivity contribution in [3.8, 4) is 0 Å². The Hall–Kier alpha value is -0.890. The quantitative estimate of drug-likeness (QED) is 0.754. The number of hydrogen-bond acceptors (Lipinski definition) is 2. The second-order valence-electron chi connectivity index (χ2n) is 4.96. The van der Waals surface area contributed by atoms with Crippen LogP contribution >= 0.6 is 11.6 Å². The number of nitrogen functional groups attached to an aromatic ring is 1. The molecular weight excluding hydrogens is 208 g/mol. The number of benzene rings is 1. The normalized spacial score (nSPS) is 13.7. The molecule has 0 heterocycles. The number of nitrogens with one attached hydrogen (secondary N) is 1. The molecule has 1 aromatic carbocycles. The second kappa shape index (κ2) is 4.31. The largest absolute Gasteiger partial charge is 0.397 e. The summed E-state index contributed by atoms with van der Waals surface area (Å²) in [6.45, 7) is 8.70. The Bertz CT molecular complexity index is 342. The minimum absolute atomic E-state index is 0.189. The van der Waals surface area contributed by atoms with Crippen LogP contribution in [0.3, 0.4) is 0 Å². The van der Waals surface area contributed by atoms with E-state index in [4.69, 9.17) is 17.3 Å². The van der Waals surface area contributed by atoms with Gasteiger partial charge in [-0.2, -0.15) is 0 Å². The van der Waals surface area contributed by atoms with Crippen molar-refractivity contribution < 1.29 is 0 Å². The first-order valence-corrected chi connectivity index (χ1v) is 5.50. The van der Waals surface area contributed by atoms with Crippen molar-refractivity contribution in [1.82, 2.24) is 0 Å². The zero-order valence-electron chi connectivity index (χ0n) is 9.76. The molecule has 0 amide bonds. The van der Waals surface area contributed by atoms with Crippen LogP contribution in [0, 0.1) is 5.41 Å². The van der Waals surface area contributed by atoms with Crippen LogP contribution in [0.4, 0.5) is 11.4 Å². The van der Waals surface area contributed by atoms with Gasteiger partial charge in [0.05, 0.1) is 11.4 Å². The van der Waals surface area contributed by atoms with Crippen molar-refractivity contribution >= 4 is 23.0 Å². The first-order valence-electron chi connectivity index (χ1n) is 5.12. The van der Waals surface area contributed by atoms with Gasteiger partial charge in [0.15, 0.2) is 0 Å². The molecule has 0 aliphatic carbocycles. The van der Waals surface area contributed by atoms with Crippen LogP contribution in [0.1, 0.15) is 27.7 Å². The summed E-state index contributed by atoms with van der Waals surface area (Å²) >= 11 is 5.92. The van der Waals surface area contributed by atoms with E-state index in [-0.39, 0.29) is 5.41 Å². The zero-order valence-corrected chi connectivity index (χ0v) is 10.5. The monoisotopic (exact) mass is 226 g/mol. The molecule has 3 N–H and O–H groups in total. The summed E-state index contributed by atoms with van der Waals surface area (Å²) in [7, 11) is 0.